The van der Waals surface area contributed by atoms with Crippen molar-refractivity contribution < 1.29 is 4.79 Å². The fourth-order valence-electron chi connectivity index (χ4n) is 2.14. The Balaban J connectivity index is 2.89. The number of guanidine groups is 1. The maximum absolute atomic E-state index is 12.2. The van der Waals surface area contributed by atoms with Crippen molar-refractivity contribution in [2.24, 2.45) is 5.73 Å². The van der Waals surface area contributed by atoms with E-state index in [0.29, 0.717) is 12.2 Å². The number of urea groups is 1. The largest absolute Gasteiger partial charge is 0.369 e. The second kappa shape index (κ2) is 7.53. The van der Waals surface area contributed by atoms with E-state index in [0.717, 1.165) is 30.4 Å². The number of hydrogen-bond acceptors (Lipinski definition) is 2. The van der Waals surface area contributed by atoms with E-state index in [1.807, 2.05) is 32.0 Å². The number of aryl methyl sites for hydroxylation is 2. The predicted molar refractivity (Wildman–Crippen MR) is 83.2 cm³/mol. The lowest BCUT2D eigenvalue weighted by molar-refractivity contribution is 0.248. The highest BCUT2D eigenvalue weighted by atomic mass is 16.2. The fraction of sp³-hybridized carbons (Fsp3) is 0.467. The van der Waals surface area contributed by atoms with Gasteiger partial charge in [0.25, 0.3) is 0 Å². The van der Waals surface area contributed by atoms with Gasteiger partial charge in [0.1, 0.15) is 0 Å². The molecular formula is C15H24N4O. The van der Waals surface area contributed by atoms with Crippen LogP contribution in [0.25, 0.3) is 0 Å². The Bertz CT molecular complexity index is 465. The number of nitrogens with zero attached hydrogens (tertiary/aromatic N) is 1. The SMILES string of the molecule is CCCCCNC(=O)N(C(=N)N)c1c(C)cccc1C. The summed E-state index contributed by atoms with van der Waals surface area (Å²) < 4.78 is 0. The van der Waals surface area contributed by atoms with E-state index < -0.39 is 0 Å². The molecule has 4 N–H and O–H groups in total. The van der Waals surface area contributed by atoms with Crippen molar-refractivity contribution in [3.8, 4) is 0 Å². The molecule has 110 valence electrons. The second-order valence-electron chi connectivity index (χ2n) is 4.90. The van der Waals surface area contributed by atoms with Crippen LogP contribution >= 0.6 is 0 Å². The van der Waals surface area contributed by atoms with Gasteiger partial charge in [0.05, 0.1) is 5.69 Å². The molecule has 0 fully saturated rings. The lowest BCUT2D eigenvalue weighted by atomic mass is 10.1. The molecule has 1 aromatic carbocycles. The van der Waals surface area contributed by atoms with Crippen molar-refractivity contribution in [3.63, 3.8) is 0 Å². The number of amides is 2. The van der Waals surface area contributed by atoms with Crippen LogP contribution in [-0.2, 0) is 0 Å². The molecule has 1 rings (SSSR count). The first-order valence-corrected chi connectivity index (χ1v) is 6.97. The van der Waals surface area contributed by atoms with Crippen LogP contribution in [0.15, 0.2) is 18.2 Å². The van der Waals surface area contributed by atoms with E-state index in [4.69, 9.17) is 11.1 Å². The van der Waals surface area contributed by atoms with Gasteiger partial charge >= 0.3 is 6.03 Å². The van der Waals surface area contributed by atoms with E-state index in [1.54, 1.807) is 0 Å². The average Bonchev–Trinajstić information content (AvgIpc) is 2.38. The number of nitrogens with one attached hydrogen (secondary N) is 2. The molecule has 0 bridgehead atoms. The third kappa shape index (κ3) is 3.98. The van der Waals surface area contributed by atoms with Gasteiger partial charge < -0.3 is 11.1 Å². The first-order valence-electron chi connectivity index (χ1n) is 6.97. The first kappa shape index (κ1) is 16.0. The summed E-state index contributed by atoms with van der Waals surface area (Å²) in [4.78, 5) is 13.5. The Kier molecular flexibility index (Phi) is 6.03. The maximum atomic E-state index is 12.2. The van der Waals surface area contributed by atoms with Crippen LogP contribution in [0, 0.1) is 19.3 Å². The average molecular weight is 276 g/mol. The molecule has 2 amide bonds. The van der Waals surface area contributed by atoms with E-state index in [2.05, 4.69) is 12.2 Å². The summed E-state index contributed by atoms with van der Waals surface area (Å²) in [5.74, 6) is -0.268. The molecule has 0 aliphatic rings. The highest BCUT2D eigenvalue weighted by molar-refractivity contribution is 6.14. The van der Waals surface area contributed by atoms with E-state index in [9.17, 15) is 4.79 Å². The zero-order valence-corrected chi connectivity index (χ0v) is 12.5. The number of carbonyl (C=O) groups is 1. The van der Waals surface area contributed by atoms with Gasteiger partial charge in [-0.15, -0.1) is 0 Å². The summed E-state index contributed by atoms with van der Waals surface area (Å²) in [6.45, 7) is 6.52. The molecule has 0 aromatic heterocycles. The van der Waals surface area contributed by atoms with Gasteiger partial charge in [-0.05, 0) is 31.4 Å². The second-order valence-corrected chi connectivity index (χ2v) is 4.90. The number of rotatable bonds is 5. The van der Waals surface area contributed by atoms with Gasteiger partial charge in [-0.1, -0.05) is 38.0 Å². The molecule has 5 nitrogen and oxygen atoms in total. The Morgan fingerprint density at radius 3 is 2.40 bits per heavy atom. The lowest BCUT2D eigenvalue weighted by Crippen LogP contribution is -2.48. The highest BCUT2D eigenvalue weighted by Gasteiger charge is 2.21. The van der Waals surface area contributed by atoms with Crippen molar-refractivity contribution in [2.75, 3.05) is 11.4 Å². The summed E-state index contributed by atoms with van der Waals surface area (Å²) in [6, 6.07) is 5.39. The minimum Gasteiger partial charge on any atom is -0.369 e. The normalized spacial score (nSPS) is 10.2. The van der Waals surface area contributed by atoms with Crippen molar-refractivity contribution >= 4 is 17.7 Å². The minimum absolute atomic E-state index is 0.268. The van der Waals surface area contributed by atoms with Crippen molar-refractivity contribution in [1.29, 1.82) is 5.41 Å². The molecule has 0 saturated carbocycles. The van der Waals surface area contributed by atoms with Gasteiger partial charge in [0, 0.05) is 6.54 Å². The van der Waals surface area contributed by atoms with Gasteiger partial charge in [-0.3, -0.25) is 5.41 Å². The van der Waals surface area contributed by atoms with Crippen molar-refractivity contribution in [2.45, 2.75) is 40.0 Å². The zero-order chi connectivity index (χ0) is 15.1. The van der Waals surface area contributed by atoms with E-state index >= 15 is 0 Å². The van der Waals surface area contributed by atoms with Crippen LogP contribution in [0.1, 0.15) is 37.3 Å². The Hall–Kier alpha value is -2.04. The number of unbranched alkanes of at least 4 members (excludes halogenated alkanes) is 2. The molecule has 0 unspecified atom stereocenters. The lowest BCUT2D eigenvalue weighted by Gasteiger charge is -2.24. The fourth-order valence-corrected chi connectivity index (χ4v) is 2.14. The number of hydrogen-bond donors (Lipinski definition) is 3. The van der Waals surface area contributed by atoms with Crippen LogP contribution in [0.2, 0.25) is 0 Å². The summed E-state index contributed by atoms with van der Waals surface area (Å²) in [6.07, 6.45) is 3.10. The topological polar surface area (TPSA) is 82.2 Å². The van der Waals surface area contributed by atoms with Crippen LogP contribution in [0.4, 0.5) is 10.5 Å². The summed E-state index contributed by atoms with van der Waals surface area (Å²) in [5, 5.41) is 10.5. The Morgan fingerprint density at radius 1 is 1.30 bits per heavy atom. The highest BCUT2D eigenvalue weighted by Crippen LogP contribution is 2.24. The van der Waals surface area contributed by atoms with Crippen LogP contribution < -0.4 is 16.0 Å². The summed E-state index contributed by atoms with van der Waals surface area (Å²) in [7, 11) is 0. The molecule has 20 heavy (non-hydrogen) atoms. The smallest absolute Gasteiger partial charge is 0.328 e. The van der Waals surface area contributed by atoms with Gasteiger partial charge in [-0.2, -0.15) is 0 Å². The van der Waals surface area contributed by atoms with E-state index in [1.165, 1.54) is 4.90 Å². The number of nitrogens with two attached hydrogens (primary N) is 1. The van der Waals surface area contributed by atoms with Crippen LogP contribution in [0.5, 0.6) is 0 Å². The standard InChI is InChI=1S/C15H24N4O/c1-4-5-6-10-18-15(20)19(14(16)17)13-11(2)8-7-9-12(13)3/h7-9H,4-6,10H2,1-3H3,(H3,16,17)(H,18,20). The molecular weight excluding hydrogens is 252 g/mol. The van der Waals surface area contributed by atoms with Gasteiger partial charge in [0.2, 0.25) is 5.96 Å². The summed E-state index contributed by atoms with van der Waals surface area (Å²) >= 11 is 0. The molecule has 0 saturated heterocycles. The number of para-hydroxylation sites is 1. The first-order chi connectivity index (χ1) is 9.49. The zero-order valence-electron chi connectivity index (χ0n) is 12.5. The quantitative estimate of drug-likeness (QED) is 0.439. The van der Waals surface area contributed by atoms with Crippen molar-refractivity contribution in [1.82, 2.24) is 5.32 Å². The number of anilines is 1. The predicted octanol–water partition coefficient (Wildman–Crippen LogP) is 2.90. The molecule has 0 heterocycles. The minimum atomic E-state index is -0.342. The summed E-state index contributed by atoms with van der Waals surface area (Å²) in [5.41, 5.74) is 8.11. The number of benzene rings is 1. The third-order valence-corrected chi connectivity index (χ3v) is 3.16. The molecule has 0 aliphatic carbocycles. The molecule has 1 aromatic rings. The Morgan fingerprint density at radius 2 is 1.90 bits per heavy atom. The van der Waals surface area contributed by atoms with Gasteiger partial charge in [0.15, 0.2) is 0 Å². The molecule has 5 heteroatoms. The third-order valence-electron chi connectivity index (χ3n) is 3.16. The maximum Gasteiger partial charge on any atom is 0.328 e. The monoisotopic (exact) mass is 276 g/mol. The molecule has 0 atom stereocenters. The number of carbonyl (C=O) groups excluding carboxylic acids is 1. The molecule has 0 spiro atoms. The Labute approximate surface area is 120 Å². The van der Waals surface area contributed by atoms with Crippen LogP contribution in [-0.4, -0.2) is 18.5 Å². The van der Waals surface area contributed by atoms with Crippen LogP contribution in [0.3, 0.4) is 0 Å². The van der Waals surface area contributed by atoms with E-state index in [-0.39, 0.29) is 12.0 Å². The molecule has 0 radical (unpaired) electrons. The van der Waals surface area contributed by atoms with Gasteiger partial charge in [-0.25, -0.2) is 9.69 Å². The molecule has 0 aliphatic heterocycles. The van der Waals surface area contributed by atoms with Crippen molar-refractivity contribution in [3.05, 3.63) is 29.3 Å².